The average Bonchev–Trinajstić information content (AvgIpc) is 3.01. The van der Waals surface area contributed by atoms with E-state index in [-0.39, 0.29) is 36.4 Å². The van der Waals surface area contributed by atoms with Gasteiger partial charge in [-0.15, -0.1) is 0 Å². The minimum Gasteiger partial charge on any atom is -0.460 e. The molecule has 5 saturated carbocycles. The summed E-state index contributed by atoms with van der Waals surface area (Å²) >= 11 is 0. The molecule has 5 fully saturated rings. The second kappa shape index (κ2) is 15.4. The van der Waals surface area contributed by atoms with E-state index < -0.39 is 17.6 Å². The largest absolute Gasteiger partial charge is 0.460 e. The first-order valence-corrected chi connectivity index (χ1v) is 17.4. The fourth-order valence-electron chi connectivity index (χ4n) is 8.33. The zero-order valence-corrected chi connectivity index (χ0v) is 25.1. The van der Waals surface area contributed by atoms with E-state index in [1.165, 1.54) is 25.7 Å². The van der Waals surface area contributed by atoms with E-state index in [4.69, 9.17) is 18.9 Å². The lowest BCUT2D eigenvalue weighted by Gasteiger charge is -2.48. The predicted molar refractivity (Wildman–Crippen MR) is 155 cm³/mol. The summed E-state index contributed by atoms with van der Waals surface area (Å²) in [6, 6.07) is 0. The summed E-state index contributed by atoms with van der Waals surface area (Å²) in [6.07, 6.45) is 24.5. The van der Waals surface area contributed by atoms with Crippen molar-refractivity contribution >= 4 is 11.9 Å². The van der Waals surface area contributed by atoms with Crippen molar-refractivity contribution in [3.05, 3.63) is 0 Å². The Bertz CT molecular complexity index is 709. The van der Waals surface area contributed by atoms with Crippen LogP contribution in [0.4, 0.5) is 0 Å². The number of rotatable bonds is 10. The first-order valence-electron chi connectivity index (χ1n) is 17.4. The Morgan fingerprint density at radius 3 is 1.07 bits per heavy atom. The van der Waals surface area contributed by atoms with Gasteiger partial charge < -0.3 is 18.9 Å². The lowest BCUT2D eigenvalue weighted by atomic mass is 9.65. The Kier molecular flexibility index (Phi) is 11.6. The Labute approximate surface area is 243 Å². The fourth-order valence-corrected chi connectivity index (χ4v) is 8.33. The quantitative estimate of drug-likeness (QED) is 0.251. The van der Waals surface area contributed by atoms with Crippen LogP contribution in [0.1, 0.15) is 161 Å². The first kappa shape index (κ1) is 30.3. The molecule has 5 aliphatic carbocycles. The molecule has 2 atom stereocenters. The van der Waals surface area contributed by atoms with E-state index in [0.717, 1.165) is 135 Å². The van der Waals surface area contributed by atoms with E-state index in [0.29, 0.717) is 0 Å². The number of carbonyl (C=O) groups excluding carboxylic acids is 2. The van der Waals surface area contributed by atoms with Gasteiger partial charge in [-0.2, -0.15) is 0 Å². The van der Waals surface area contributed by atoms with Gasteiger partial charge in [-0.3, -0.25) is 0 Å². The minimum atomic E-state index is -0.773. The van der Waals surface area contributed by atoms with Crippen molar-refractivity contribution in [3.8, 4) is 0 Å². The van der Waals surface area contributed by atoms with Gasteiger partial charge in [0.1, 0.15) is 12.2 Å². The lowest BCUT2D eigenvalue weighted by Crippen LogP contribution is -2.58. The van der Waals surface area contributed by atoms with Gasteiger partial charge in [0.05, 0.1) is 12.2 Å². The third-order valence-electron chi connectivity index (χ3n) is 10.7. The van der Waals surface area contributed by atoms with Crippen LogP contribution in [0.3, 0.4) is 0 Å². The van der Waals surface area contributed by atoms with Crippen LogP contribution in [-0.2, 0) is 28.5 Å². The maximum Gasteiger partial charge on any atom is 0.336 e. The van der Waals surface area contributed by atoms with Gasteiger partial charge in [0.25, 0.3) is 0 Å². The molecule has 2 unspecified atom stereocenters. The lowest BCUT2D eigenvalue weighted by molar-refractivity contribution is -0.218. The molecule has 0 N–H and O–H groups in total. The summed E-state index contributed by atoms with van der Waals surface area (Å²) in [7, 11) is 0. The maximum atomic E-state index is 14.2. The second-order valence-electron chi connectivity index (χ2n) is 13.7. The molecule has 6 nitrogen and oxygen atoms in total. The summed E-state index contributed by atoms with van der Waals surface area (Å²) in [5.74, 6) is -0.496. The van der Waals surface area contributed by atoms with E-state index in [2.05, 4.69) is 0 Å². The van der Waals surface area contributed by atoms with Gasteiger partial charge in [-0.25, -0.2) is 9.59 Å². The van der Waals surface area contributed by atoms with E-state index in [1.807, 2.05) is 0 Å². The second-order valence-corrected chi connectivity index (χ2v) is 13.7. The van der Waals surface area contributed by atoms with Crippen LogP contribution in [0, 0.1) is 5.41 Å². The van der Waals surface area contributed by atoms with E-state index in [9.17, 15) is 9.59 Å². The summed E-state index contributed by atoms with van der Waals surface area (Å²) in [5.41, 5.74) is -0.732. The van der Waals surface area contributed by atoms with Crippen molar-refractivity contribution < 1.29 is 28.5 Å². The molecule has 0 aliphatic heterocycles. The number of hydrogen-bond acceptors (Lipinski definition) is 6. The van der Waals surface area contributed by atoms with Gasteiger partial charge in [-0.05, 0) is 89.9 Å². The van der Waals surface area contributed by atoms with Crippen LogP contribution >= 0.6 is 0 Å². The normalized spacial score (nSPS) is 27.5. The van der Waals surface area contributed by atoms with Gasteiger partial charge in [-0.1, -0.05) is 70.6 Å². The SMILES string of the molecule is O=C(OC1CCCCC1)C(OC1CCCCC1)C1(C(OC2CCCCC2)C(=O)OC2CCCCC2)CCCCC1. The fraction of sp³-hybridized carbons (Fsp3) is 0.941. The van der Waals surface area contributed by atoms with Crippen LogP contribution in [-0.4, -0.2) is 48.6 Å². The Morgan fingerprint density at radius 1 is 0.425 bits per heavy atom. The molecule has 0 saturated heterocycles. The predicted octanol–water partition coefficient (Wildman–Crippen LogP) is 8.12. The van der Waals surface area contributed by atoms with Crippen LogP contribution in [0.2, 0.25) is 0 Å². The van der Waals surface area contributed by atoms with Gasteiger partial charge in [0.2, 0.25) is 0 Å². The molecule has 0 spiro atoms. The Balaban J connectivity index is 1.45. The number of esters is 2. The standard InChI is InChI=1S/C34H56O6/c35-32(39-28-20-10-3-11-21-28)30(37-26-16-6-1-7-17-26)34(24-14-5-15-25-34)31(38-27-18-8-2-9-19-27)33(36)40-29-22-12-4-13-23-29/h26-31H,1-25H2. The topological polar surface area (TPSA) is 71.1 Å². The Morgan fingerprint density at radius 2 is 0.725 bits per heavy atom. The summed E-state index contributed by atoms with van der Waals surface area (Å²) in [6.45, 7) is 0. The van der Waals surface area contributed by atoms with Gasteiger partial charge in [0, 0.05) is 5.41 Å². The van der Waals surface area contributed by atoms with Crippen molar-refractivity contribution in [1.82, 2.24) is 0 Å². The maximum absolute atomic E-state index is 14.2. The first-order chi connectivity index (χ1) is 19.6. The molecule has 0 radical (unpaired) electrons. The average molecular weight is 561 g/mol. The smallest absolute Gasteiger partial charge is 0.336 e. The number of ether oxygens (including phenoxy) is 4. The van der Waals surface area contributed by atoms with E-state index in [1.54, 1.807) is 0 Å². The molecular formula is C34H56O6. The summed E-state index contributed by atoms with van der Waals surface area (Å²) < 4.78 is 26.3. The monoisotopic (exact) mass is 560 g/mol. The van der Waals surface area contributed by atoms with Crippen molar-refractivity contribution in [1.29, 1.82) is 0 Å². The molecule has 5 rings (SSSR count). The van der Waals surface area contributed by atoms with Crippen molar-refractivity contribution in [3.63, 3.8) is 0 Å². The zero-order valence-electron chi connectivity index (χ0n) is 25.1. The molecular weight excluding hydrogens is 504 g/mol. The third-order valence-corrected chi connectivity index (χ3v) is 10.7. The van der Waals surface area contributed by atoms with Crippen molar-refractivity contribution in [2.45, 2.75) is 197 Å². The molecule has 0 bridgehead atoms. The molecule has 6 heteroatoms. The highest BCUT2D eigenvalue weighted by atomic mass is 16.6. The van der Waals surface area contributed by atoms with Crippen molar-refractivity contribution in [2.24, 2.45) is 5.41 Å². The van der Waals surface area contributed by atoms with Gasteiger partial charge >= 0.3 is 11.9 Å². The third kappa shape index (κ3) is 8.02. The zero-order chi connectivity index (χ0) is 27.6. The highest BCUT2D eigenvalue weighted by Crippen LogP contribution is 2.48. The number of carbonyl (C=O) groups is 2. The van der Waals surface area contributed by atoms with E-state index >= 15 is 0 Å². The summed E-state index contributed by atoms with van der Waals surface area (Å²) in [5, 5.41) is 0. The van der Waals surface area contributed by atoms with Crippen LogP contribution in [0.25, 0.3) is 0 Å². The molecule has 0 aromatic rings. The minimum absolute atomic E-state index is 0.0359. The molecule has 0 aromatic heterocycles. The van der Waals surface area contributed by atoms with Crippen LogP contribution < -0.4 is 0 Å². The molecule has 0 amide bonds. The molecule has 228 valence electrons. The van der Waals surface area contributed by atoms with Crippen molar-refractivity contribution in [2.75, 3.05) is 0 Å². The highest BCUT2D eigenvalue weighted by Gasteiger charge is 2.56. The Hall–Kier alpha value is -1.14. The molecule has 40 heavy (non-hydrogen) atoms. The van der Waals surface area contributed by atoms with Crippen LogP contribution in [0.15, 0.2) is 0 Å². The molecule has 0 aromatic carbocycles. The number of hydrogen-bond donors (Lipinski definition) is 0. The van der Waals surface area contributed by atoms with Gasteiger partial charge in [0.15, 0.2) is 12.2 Å². The summed E-state index contributed by atoms with van der Waals surface area (Å²) in [4.78, 5) is 28.5. The highest BCUT2D eigenvalue weighted by molar-refractivity contribution is 5.81. The molecule has 5 aliphatic rings. The van der Waals surface area contributed by atoms with Crippen LogP contribution in [0.5, 0.6) is 0 Å². The molecule has 0 heterocycles.